The first kappa shape index (κ1) is 19.8. The largest absolute Gasteiger partial charge is 0.478 e. The summed E-state index contributed by atoms with van der Waals surface area (Å²) in [6, 6.07) is 17.2. The van der Waals surface area contributed by atoms with Crippen LogP contribution in [0, 0.1) is 0 Å². The Bertz CT molecular complexity index is 918. The predicted molar refractivity (Wildman–Crippen MR) is 121 cm³/mol. The van der Waals surface area contributed by atoms with Gasteiger partial charge in [0.05, 0.1) is 21.7 Å². The number of carboxylic acids is 1. The quantitative estimate of drug-likeness (QED) is 0.738. The molecule has 142 valence electrons. The standard InChI is InChI=1S/C23H30O2Si2/c1-16(2)22(17-7-9-18(10-8-17)23(24)25)19-11-12-20-21(15-19)27(5,6)14-13-26(20,3)4/h7-12,15H,13-14H2,1-6H3,(H,24,25). The highest BCUT2D eigenvalue weighted by molar-refractivity contribution is 7.03. The van der Waals surface area contributed by atoms with Gasteiger partial charge < -0.3 is 5.11 Å². The number of hydrogen-bond donors (Lipinski definition) is 1. The van der Waals surface area contributed by atoms with Crippen molar-refractivity contribution in [2.75, 3.05) is 0 Å². The zero-order chi connectivity index (χ0) is 20.0. The number of benzene rings is 2. The molecule has 0 aliphatic carbocycles. The summed E-state index contributed by atoms with van der Waals surface area (Å²) < 4.78 is 0. The Labute approximate surface area is 165 Å². The lowest BCUT2D eigenvalue weighted by molar-refractivity contribution is 0.0697. The third kappa shape index (κ3) is 3.73. The van der Waals surface area contributed by atoms with Gasteiger partial charge in [-0.25, -0.2) is 4.79 Å². The van der Waals surface area contributed by atoms with Gasteiger partial charge in [-0.3, -0.25) is 0 Å². The van der Waals surface area contributed by atoms with Crippen LogP contribution < -0.4 is 10.4 Å². The minimum atomic E-state index is -1.40. The third-order valence-corrected chi connectivity index (χ3v) is 13.6. The van der Waals surface area contributed by atoms with Gasteiger partial charge in [0.15, 0.2) is 0 Å². The summed E-state index contributed by atoms with van der Waals surface area (Å²) in [5.41, 5.74) is 5.17. The fourth-order valence-corrected chi connectivity index (χ4v) is 14.5. The van der Waals surface area contributed by atoms with E-state index in [9.17, 15) is 9.90 Å². The number of hydrogen-bond acceptors (Lipinski definition) is 1. The lowest BCUT2D eigenvalue weighted by Crippen LogP contribution is -2.63. The van der Waals surface area contributed by atoms with E-state index in [-0.39, 0.29) is 0 Å². The molecule has 0 unspecified atom stereocenters. The van der Waals surface area contributed by atoms with Gasteiger partial charge in [0.2, 0.25) is 0 Å². The van der Waals surface area contributed by atoms with Crippen LogP contribution in [0.15, 0.2) is 48.0 Å². The van der Waals surface area contributed by atoms with Crippen molar-refractivity contribution in [3.63, 3.8) is 0 Å². The number of carboxylic acid groups (broad SMARTS) is 1. The molecule has 1 aliphatic heterocycles. The average Bonchev–Trinajstić information content (AvgIpc) is 2.59. The average molecular weight is 395 g/mol. The zero-order valence-electron chi connectivity index (χ0n) is 17.3. The van der Waals surface area contributed by atoms with Crippen molar-refractivity contribution < 1.29 is 9.90 Å². The van der Waals surface area contributed by atoms with E-state index in [2.05, 4.69) is 58.2 Å². The van der Waals surface area contributed by atoms with E-state index in [0.29, 0.717) is 5.56 Å². The molecule has 2 aromatic rings. The van der Waals surface area contributed by atoms with Gasteiger partial charge in [-0.1, -0.05) is 84.6 Å². The Morgan fingerprint density at radius 1 is 0.778 bits per heavy atom. The number of allylic oxidation sites excluding steroid dienone is 1. The Morgan fingerprint density at radius 3 is 1.78 bits per heavy atom. The van der Waals surface area contributed by atoms with Crippen LogP contribution in [0.1, 0.15) is 35.3 Å². The molecule has 0 atom stereocenters. The highest BCUT2D eigenvalue weighted by Crippen LogP contribution is 2.30. The van der Waals surface area contributed by atoms with Crippen LogP contribution in [0.3, 0.4) is 0 Å². The van der Waals surface area contributed by atoms with E-state index in [0.717, 1.165) is 5.56 Å². The highest BCUT2D eigenvalue weighted by Gasteiger charge is 2.39. The summed E-state index contributed by atoms with van der Waals surface area (Å²) in [7, 11) is -2.73. The maximum Gasteiger partial charge on any atom is 0.335 e. The molecular weight excluding hydrogens is 364 g/mol. The van der Waals surface area contributed by atoms with Crippen molar-refractivity contribution >= 4 is 38.1 Å². The predicted octanol–water partition coefficient (Wildman–Crippen LogP) is 5.07. The first-order valence-corrected chi connectivity index (χ1v) is 16.1. The van der Waals surface area contributed by atoms with Crippen molar-refractivity contribution in [2.45, 2.75) is 52.1 Å². The molecule has 2 aromatic carbocycles. The van der Waals surface area contributed by atoms with Crippen molar-refractivity contribution in [2.24, 2.45) is 0 Å². The molecule has 0 saturated heterocycles. The van der Waals surface area contributed by atoms with E-state index in [1.54, 1.807) is 22.5 Å². The summed E-state index contributed by atoms with van der Waals surface area (Å²) >= 11 is 0. The molecule has 1 N–H and O–H groups in total. The smallest absolute Gasteiger partial charge is 0.335 e. The number of fused-ring (bicyclic) bond motifs is 1. The van der Waals surface area contributed by atoms with Gasteiger partial charge in [0.25, 0.3) is 0 Å². The second kappa shape index (κ2) is 6.91. The van der Waals surface area contributed by atoms with Gasteiger partial charge in [-0.15, -0.1) is 0 Å². The molecule has 0 fully saturated rings. The summed E-state index contributed by atoms with van der Waals surface area (Å²) in [6.45, 7) is 14.3. The molecular formula is C23H30O2Si2. The van der Waals surface area contributed by atoms with Crippen LogP contribution >= 0.6 is 0 Å². The van der Waals surface area contributed by atoms with Crippen LogP contribution in [-0.2, 0) is 0 Å². The molecule has 2 nitrogen and oxygen atoms in total. The summed E-state index contributed by atoms with van der Waals surface area (Å²) in [5, 5.41) is 12.5. The molecule has 0 spiro atoms. The van der Waals surface area contributed by atoms with Gasteiger partial charge >= 0.3 is 5.97 Å². The lowest BCUT2D eigenvalue weighted by Gasteiger charge is -2.40. The molecule has 4 heteroatoms. The minimum absolute atomic E-state index is 0.332. The third-order valence-electron chi connectivity index (χ3n) is 6.06. The molecule has 0 aromatic heterocycles. The molecule has 0 saturated carbocycles. The molecule has 1 heterocycles. The number of carbonyl (C=O) groups is 1. The molecule has 3 rings (SSSR count). The van der Waals surface area contributed by atoms with E-state index in [1.165, 1.54) is 28.8 Å². The maximum atomic E-state index is 11.2. The van der Waals surface area contributed by atoms with Crippen molar-refractivity contribution in [1.82, 2.24) is 0 Å². The Balaban J connectivity index is 2.14. The van der Waals surface area contributed by atoms with Crippen LogP contribution in [0.2, 0.25) is 38.3 Å². The Hall–Kier alpha value is -1.92. The molecule has 27 heavy (non-hydrogen) atoms. The highest BCUT2D eigenvalue weighted by atomic mass is 28.3. The monoisotopic (exact) mass is 394 g/mol. The van der Waals surface area contributed by atoms with Crippen LogP contribution in [0.5, 0.6) is 0 Å². The fourth-order valence-electron chi connectivity index (χ4n) is 4.27. The first-order chi connectivity index (χ1) is 12.5. The Morgan fingerprint density at radius 2 is 1.26 bits per heavy atom. The van der Waals surface area contributed by atoms with Gasteiger partial charge in [-0.05, 0) is 42.7 Å². The molecule has 1 aliphatic rings. The van der Waals surface area contributed by atoms with Crippen molar-refractivity contribution in [1.29, 1.82) is 0 Å². The topological polar surface area (TPSA) is 37.3 Å². The fraction of sp³-hybridized carbons (Fsp3) is 0.348. The van der Waals surface area contributed by atoms with Gasteiger partial charge in [0, 0.05) is 0 Å². The molecule has 0 radical (unpaired) electrons. The second-order valence-electron chi connectivity index (χ2n) is 9.29. The summed E-state index contributed by atoms with van der Waals surface area (Å²) in [6.07, 6.45) is 0. The van der Waals surface area contributed by atoms with E-state index < -0.39 is 22.1 Å². The summed E-state index contributed by atoms with van der Waals surface area (Å²) in [5.74, 6) is -0.881. The van der Waals surface area contributed by atoms with Crippen molar-refractivity contribution in [3.05, 3.63) is 64.7 Å². The lowest BCUT2D eigenvalue weighted by atomic mass is 9.93. The Kier molecular flexibility index (Phi) is 5.08. The number of aromatic carboxylic acids is 1. The zero-order valence-corrected chi connectivity index (χ0v) is 19.3. The first-order valence-electron chi connectivity index (χ1n) is 9.69. The van der Waals surface area contributed by atoms with E-state index in [4.69, 9.17) is 0 Å². The van der Waals surface area contributed by atoms with E-state index in [1.807, 2.05) is 12.1 Å². The van der Waals surface area contributed by atoms with Crippen LogP contribution in [0.25, 0.3) is 5.57 Å². The molecule has 0 bridgehead atoms. The normalized spacial score (nSPS) is 17.1. The maximum absolute atomic E-state index is 11.2. The van der Waals surface area contributed by atoms with E-state index >= 15 is 0 Å². The molecule has 0 amide bonds. The van der Waals surface area contributed by atoms with Gasteiger partial charge in [-0.2, -0.15) is 0 Å². The SMILES string of the molecule is CC(C)=C(c1ccc(C(=O)O)cc1)c1ccc2c(c1)[Si](C)(C)CC[Si]2(C)C. The minimum Gasteiger partial charge on any atom is -0.478 e. The second-order valence-corrected chi connectivity index (χ2v) is 18.9. The summed E-state index contributed by atoms with van der Waals surface area (Å²) in [4.78, 5) is 11.2. The van der Waals surface area contributed by atoms with Crippen molar-refractivity contribution in [3.8, 4) is 0 Å². The van der Waals surface area contributed by atoms with Crippen LogP contribution in [-0.4, -0.2) is 27.2 Å². The van der Waals surface area contributed by atoms with Crippen LogP contribution in [0.4, 0.5) is 0 Å². The van der Waals surface area contributed by atoms with Gasteiger partial charge in [0.1, 0.15) is 0 Å². The number of rotatable bonds is 3.